The van der Waals surface area contributed by atoms with Crippen molar-refractivity contribution in [1.82, 2.24) is 54.0 Å². The molecule has 10 N–H and O–H groups in total. The number of aliphatic hydroxyl groups excluding tert-OH is 1. The van der Waals surface area contributed by atoms with Gasteiger partial charge >= 0.3 is 24.3 Å². The Bertz CT molecular complexity index is 3690. The van der Waals surface area contributed by atoms with E-state index in [1.54, 1.807) is 63.9 Å². The highest BCUT2D eigenvalue weighted by molar-refractivity contribution is 6.29. The van der Waals surface area contributed by atoms with E-state index in [4.69, 9.17) is 38.4 Å². The van der Waals surface area contributed by atoms with Gasteiger partial charge in [-0.2, -0.15) is 26.3 Å². The van der Waals surface area contributed by atoms with E-state index in [1.807, 2.05) is 5.32 Å². The number of halogens is 11. The summed E-state index contributed by atoms with van der Waals surface area (Å²) in [5, 5.41) is 37.9. The van der Waals surface area contributed by atoms with Crippen LogP contribution < -0.4 is 22.1 Å². The summed E-state index contributed by atoms with van der Waals surface area (Å²) in [6.07, 6.45) is -1.31. The second-order valence-electron chi connectivity index (χ2n) is 17.9. The number of aliphatic carboxylic acids is 2. The Balaban J connectivity index is 0.000000199. The monoisotopic (exact) mass is 1200 g/mol. The van der Waals surface area contributed by atoms with Gasteiger partial charge in [0, 0.05) is 56.6 Å². The summed E-state index contributed by atoms with van der Waals surface area (Å²) in [7, 11) is 0. The molecule has 1 saturated heterocycles. The fourth-order valence-corrected chi connectivity index (χ4v) is 7.38. The third-order valence-electron chi connectivity index (χ3n) is 11.5. The highest BCUT2D eigenvalue weighted by Crippen LogP contribution is 2.40. The molecule has 2 aromatic carbocycles. The summed E-state index contributed by atoms with van der Waals surface area (Å²) in [6, 6.07) is 12.5. The van der Waals surface area contributed by atoms with Crippen molar-refractivity contribution in [2.75, 3.05) is 18.4 Å². The molecule has 440 valence electrons. The Kier molecular flexibility index (Phi) is 19.3. The Morgan fingerprint density at radius 2 is 1.23 bits per heavy atom. The number of carboxylic acids is 2. The first-order valence-electron chi connectivity index (χ1n) is 23.4. The zero-order valence-corrected chi connectivity index (χ0v) is 43.2. The topological polar surface area (TPSA) is 346 Å². The molecular formula is C49H43ClF10N14O9. The summed E-state index contributed by atoms with van der Waals surface area (Å²) in [6.45, 7) is 0.636. The lowest BCUT2D eigenvalue weighted by Crippen LogP contribution is -2.59. The van der Waals surface area contributed by atoms with E-state index >= 15 is 0 Å². The van der Waals surface area contributed by atoms with Crippen molar-refractivity contribution in [2.24, 2.45) is 11.5 Å². The molecule has 6 aromatic heterocycles. The van der Waals surface area contributed by atoms with Crippen LogP contribution in [-0.4, -0.2) is 141 Å². The zero-order chi connectivity index (χ0) is 61.4. The maximum atomic E-state index is 14.2. The van der Waals surface area contributed by atoms with Crippen LogP contribution in [0.5, 0.6) is 0 Å². The lowest BCUT2D eigenvalue weighted by Gasteiger charge is -2.29. The third kappa shape index (κ3) is 15.1. The number of nitrogens with one attached hydrogen (secondary N) is 2. The van der Waals surface area contributed by atoms with Gasteiger partial charge in [0.1, 0.15) is 28.7 Å². The van der Waals surface area contributed by atoms with Crippen LogP contribution in [0.2, 0.25) is 5.15 Å². The average molecular weight is 1200 g/mol. The van der Waals surface area contributed by atoms with Crippen LogP contribution in [0.4, 0.5) is 49.7 Å². The molecule has 0 radical (unpaired) electrons. The SMILES string of the molecule is CC1(C)NC[C@@](C(N)=O)(C(F)(F)F)O1.Fc1ccccc1Cc1nc(-c2ncc(F)c(Cl)n2)cn2ccnc12.NC(=O)[C@](O)(CNc1nc(-c2cn3ccnc3c(Cc3ccccc3F)n2)ncc1F)C(F)(F)F.O=C(O)C[C@@H](O)C(=O)O. The van der Waals surface area contributed by atoms with Crippen molar-refractivity contribution < 1.29 is 88.2 Å². The van der Waals surface area contributed by atoms with Gasteiger partial charge in [-0.1, -0.05) is 48.0 Å². The number of hydrogen-bond acceptors (Lipinski definition) is 17. The van der Waals surface area contributed by atoms with Crippen molar-refractivity contribution in [1.29, 1.82) is 0 Å². The molecule has 9 rings (SSSR count). The number of aliphatic hydroxyl groups is 2. The number of primary amides is 2. The summed E-state index contributed by atoms with van der Waals surface area (Å²) in [5.41, 5.74) is 4.52. The van der Waals surface area contributed by atoms with E-state index < -0.39 is 102 Å². The van der Waals surface area contributed by atoms with Gasteiger partial charge < -0.3 is 50.7 Å². The van der Waals surface area contributed by atoms with Crippen molar-refractivity contribution in [3.05, 3.63) is 149 Å². The number of carbonyl (C=O) groups is 4. The average Bonchev–Trinajstić information content (AvgIpc) is 4.33. The Hall–Kier alpha value is -9.05. The maximum Gasteiger partial charge on any atom is 0.428 e. The minimum Gasteiger partial charge on any atom is -0.481 e. The van der Waals surface area contributed by atoms with Gasteiger partial charge in [0.2, 0.25) is 0 Å². The summed E-state index contributed by atoms with van der Waals surface area (Å²) >= 11 is 5.73. The number of imidazole rings is 2. The molecule has 1 fully saturated rings. The molecule has 0 unspecified atom stereocenters. The maximum absolute atomic E-state index is 14.2. The number of nitrogens with two attached hydrogens (primary N) is 2. The van der Waals surface area contributed by atoms with Crippen molar-refractivity contribution in [3.8, 4) is 23.0 Å². The Labute approximate surface area is 464 Å². The van der Waals surface area contributed by atoms with Gasteiger partial charge in [0.05, 0.1) is 36.7 Å². The minimum atomic E-state index is -5.42. The Morgan fingerprint density at radius 1 is 0.747 bits per heavy atom. The van der Waals surface area contributed by atoms with Gasteiger partial charge in [-0.25, -0.2) is 62.2 Å². The molecular weight excluding hydrogens is 1150 g/mol. The molecule has 0 saturated carbocycles. The number of aromatic nitrogens is 10. The third-order valence-corrected chi connectivity index (χ3v) is 11.8. The highest BCUT2D eigenvalue weighted by Gasteiger charge is 2.66. The number of nitrogens with zero attached hydrogens (tertiary/aromatic N) is 10. The smallest absolute Gasteiger partial charge is 0.428 e. The predicted molar refractivity (Wildman–Crippen MR) is 267 cm³/mol. The lowest BCUT2D eigenvalue weighted by molar-refractivity contribution is -0.266. The molecule has 0 bridgehead atoms. The van der Waals surface area contributed by atoms with E-state index in [-0.39, 0.29) is 41.2 Å². The lowest BCUT2D eigenvalue weighted by atomic mass is 10.0. The molecule has 2 amide bonds. The molecule has 3 atom stereocenters. The fraction of sp³-hybridized carbons (Fsp3) is 0.265. The van der Waals surface area contributed by atoms with Crippen LogP contribution in [-0.2, 0) is 36.8 Å². The molecule has 34 heteroatoms. The van der Waals surface area contributed by atoms with E-state index in [9.17, 15) is 68.2 Å². The van der Waals surface area contributed by atoms with Crippen LogP contribution >= 0.6 is 11.6 Å². The number of amides is 2. The first-order chi connectivity index (χ1) is 38.8. The van der Waals surface area contributed by atoms with E-state index in [1.165, 1.54) is 44.4 Å². The summed E-state index contributed by atoms with van der Waals surface area (Å²) in [5.74, 6) is -9.84. The summed E-state index contributed by atoms with van der Waals surface area (Å²) in [4.78, 5) is 74.3. The molecule has 83 heavy (non-hydrogen) atoms. The van der Waals surface area contributed by atoms with Crippen LogP contribution in [0, 0.1) is 23.3 Å². The van der Waals surface area contributed by atoms with E-state index in [2.05, 4.69) is 49.9 Å². The number of fused-ring (bicyclic) bond motifs is 2. The number of ether oxygens (including phenoxy) is 1. The summed E-state index contributed by atoms with van der Waals surface area (Å²) < 4.78 is 141. The fourth-order valence-electron chi connectivity index (χ4n) is 7.25. The molecule has 1 aliphatic rings. The normalized spacial score (nSPS) is 15.8. The quantitative estimate of drug-likeness (QED) is 0.0525. The van der Waals surface area contributed by atoms with Crippen molar-refractivity contribution in [2.45, 2.75) is 68.5 Å². The number of carboxylic acid groups (broad SMARTS) is 2. The Morgan fingerprint density at radius 3 is 1.60 bits per heavy atom. The molecule has 7 heterocycles. The second-order valence-corrected chi connectivity index (χ2v) is 18.3. The van der Waals surface area contributed by atoms with Gasteiger partial charge in [0.15, 0.2) is 51.7 Å². The predicted octanol–water partition coefficient (Wildman–Crippen LogP) is 4.99. The van der Waals surface area contributed by atoms with Gasteiger partial charge in [0.25, 0.3) is 23.0 Å². The van der Waals surface area contributed by atoms with Gasteiger partial charge in [-0.3, -0.25) is 19.7 Å². The molecule has 23 nitrogen and oxygen atoms in total. The highest BCUT2D eigenvalue weighted by atomic mass is 35.5. The molecule has 8 aromatic rings. The van der Waals surface area contributed by atoms with E-state index in [0.717, 1.165) is 6.20 Å². The number of carbonyl (C=O) groups excluding carboxylic acids is 2. The van der Waals surface area contributed by atoms with Crippen LogP contribution in [0.3, 0.4) is 0 Å². The zero-order valence-electron chi connectivity index (χ0n) is 42.5. The number of hydrogen-bond donors (Lipinski definition) is 8. The van der Waals surface area contributed by atoms with Crippen LogP contribution in [0.25, 0.3) is 34.3 Å². The molecule has 0 spiro atoms. The largest absolute Gasteiger partial charge is 0.481 e. The number of benzene rings is 2. The molecule has 0 aliphatic carbocycles. The number of anilines is 1. The molecule has 1 aliphatic heterocycles. The first kappa shape index (κ1) is 63.1. The van der Waals surface area contributed by atoms with Crippen LogP contribution in [0.15, 0.2) is 98.1 Å². The van der Waals surface area contributed by atoms with Gasteiger partial charge in [-0.05, 0) is 37.1 Å². The van der Waals surface area contributed by atoms with Crippen LogP contribution in [0.1, 0.15) is 42.8 Å². The van der Waals surface area contributed by atoms with Crippen molar-refractivity contribution >= 4 is 52.5 Å². The van der Waals surface area contributed by atoms with Gasteiger partial charge in [-0.15, -0.1) is 0 Å². The second kappa shape index (κ2) is 25.4. The number of alkyl halides is 6. The number of rotatable bonds is 14. The standard InChI is InChI=1S/C21H16F5N7O2.C17H10ClF2N5.C7H11F3N2O2.C4H6O5/c22-12-4-2-1-3-11(12)7-14-18-28-5-6-33(18)9-15(31-14)17-29-8-13(23)16(32-17)30-10-20(35,19(27)34)21(24,25)26;18-15-12(20)8-22-16(24-15)14-9-25-6-5-21-17(25)13(23-14)7-10-3-1-2-4-11(10)19;1-5(2)12-3-6(14-5,4(11)13)7(8,9)10;5-2(4(8)9)1-3(6)7/h1-6,8-9,35H,7,10H2,(H2,27,34)(H,29,30,32);1-6,8-9H,7H2;12H,3H2,1-2H3,(H2,11,13);2,5H,1H2,(H,6,7)(H,8,9)/t20-;;6-;2-/m1.11/s1. The van der Waals surface area contributed by atoms with Crippen molar-refractivity contribution in [3.63, 3.8) is 0 Å². The minimum absolute atomic E-state index is 0.0462. The van der Waals surface area contributed by atoms with E-state index in [0.29, 0.717) is 45.7 Å². The first-order valence-corrected chi connectivity index (χ1v) is 23.7.